The van der Waals surface area contributed by atoms with Crippen molar-refractivity contribution in [3.8, 4) is 0 Å². The average Bonchev–Trinajstić information content (AvgIpc) is 2.55. The predicted molar refractivity (Wildman–Crippen MR) is 89.5 cm³/mol. The van der Waals surface area contributed by atoms with Crippen LogP contribution in [-0.4, -0.2) is 17.4 Å². The number of nitro groups is 1. The highest BCUT2D eigenvalue weighted by molar-refractivity contribution is 6.30. The zero-order valence-electron chi connectivity index (χ0n) is 12.3. The summed E-state index contributed by atoms with van der Waals surface area (Å²) in [6.45, 7) is 0.754. The lowest BCUT2D eigenvalue weighted by molar-refractivity contribution is -0.383. The van der Waals surface area contributed by atoms with E-state index in [1.165, 1.54) is 12.1 Å². The van der Waals surface area contributed by atoms with Gasteiger partial charge < -0.3 is 10.6 Å². The summed E-state index contributed by atoms with van der Waals surface area (Å²) in [6, 6.07) is 13.9. The Morgan fingerprint density at radius 2 is 1.91 bits per heavy atom. The fourth-order valence-electron chi connectivity index (χ4n) is 2.00. The van der Waals surface area contributed by atoms with E-state index >= 15 is 0 Å². The molecule has 0 aliphatic heterocycles. The second-order valence-corrected chi connectivity index (χ2v) is 5.29. The van der Waals surface area contributed by atoms with Crippen molar-refractivity contribution in [3.63, 3.8) is 0 Å². The Balaban J connectivity index is 1.81. The van der Waals surface area contributed by atoms with E-state index in [9.17, 15) is 14.9 Å². The van der Waals surface area contributed by atoms with Gasteiger partial charge in [0.1, 0.15) is 5.69 Å². The van der Waals surface area contributed by atoms with Crippen LogP contribution in [-0.2, 0) is 11.3 Å². The minimum absolute atomic E-state index is 0.109. The second-order valence-electron chi connectivity index (χ2n) is 4.86. The molecule has 2 aromatic carbocycles. The number of nitro benzene ring substituents is 1. The average molecular weight is 334 g/mol. The number of anilines is 1. The summed E-state index contributed by atoms with van der Waals surface area (Å²) in [5.41, 5.74) is 1.25. The van der Waals surface area contributed by atoms with Crippen molar-refractivity contribution >= 4 is 28.9 Å². The van der Waals surface area contributed by atoms with E-state index in [4.69, 9.17) is 11.6 Å². The number of nitrogens with zero attached hydrogens (tertiary/aromatic N) is 1. The monoisotopic (exact) mass is 333 g/mol. The van der Waals surface area contributed by atoms with Crippen LogP contribution >= 0.6 is 11.6 Å². The van der Waals surface area contributed by atoms with E-state index in [-0.39, 0.29) is 18.0 Å². The van der Waals surface area contributed by atoms with Crippen LogP contribution < -0.4 is 10.6 Å². The van der Waals surface area contributed by atoms with Crippen LogP contribution in [0.2, 0.25) is 5.02 Å². The smallest absolute Gasteiger partial charge is 0.293 e. The Morgan fingerprint density at radius 3 is 2.61 bits per heavy atom. The SMILES string of the molecule is O=C(CCNc1ccc(Cl)cc1[N+](=O)[O-])NCc1ccccc1. The molecule has 0 saturated carbocycles. The van der Waals surface area contributed by atoms with Crippen LogP contribution in [0.1, 0.15) is 12.0 Å². The van der Waals surface area contributed by atoms with Gasteiger partial charge in [0.25, 0.3) is 5.69 Å². The normalized spacial score (nSPS) is 10.1. The molecule has 0 radical (unpaired) electrons. The molecule has 7 heteroatoms. The maximum Gasteiger partial charge on any atom is 0.293 e. The van der Waals surface area contributed by atoms with Gasteiger partial charge >= 0.3 is 0 Å². The van der Waals surface area contributed by atoms with Gasteiger partial charge in [0, 0.05) is 30.6 Å². The van der Waals surface area contributed by atoms with Gasteiger partial charge in [-0.3, -0.25) is 14.9 Å². The van der Waals surface area contributed by atoms with Crippen molar-refractivity contribution in [2.75, 3.05) is 11.9 Å². The number of amides is 1. The Labute approximate surface area is 138 Å². The quantitative estimate of drug-likeness (QED) is 0.601. The first kappa shape index (κ1) is 16.8. The van der Waals surface area contributed by atoms with Crippen LogP contribution in [0.25, 0.3) is 0 Å². The molecule has 0 spiro atoms. The Hall–Kier alpha value is -2.60. The van der Waals surface area contributed by atoms with Crippen molar-refractivity contribution in [1.29, 1.82) is 0 Å². The van der Waals surface area contributed by atoms with Crippen molar-refractivity contribution in [2.45, 2.75) is 13.0 Å². The lowest BCUT2D eigenvalue weighted by Gasteiger charge is -2.08. The molecule has 0 aliphatic carbocycles. The number of hydrogen-bond acceptors (Lipinski definition) is 4. The summed E-state index contributed by atoms with van der Waals surface area (Å²) < 4.78 is 0. The van der Waals surface area contributed by atoms with Crippen LogP contribution in [0.4, 0.5) is 11.4 Å². The molecule has 0 fully saturated rings. The van der Waals surface area contributed by atoms with Gasteiger partial charge in [0.2, 0.25) is 5.91 Å². The summed E-state index contributed by atoms with van der Waals surface area (Å²) in [6.07, 6.45) is 0.215. The third-order valence-corrected chi connectivity index (χ3v) is 3.39. The van der Waals surface area contributed by atoms with Crippen molar-refractivity contribution < 1.29 is 9.72 Å². The van der Waals surface area contributed by atoms with E-state index in [2.05, 4.69) is 10.6 Å². The maximum absolute atomic E-state index is 11.8. The number of rotatable bonds is 7. The fourth-order valence-corrected chi connectivity index (χ4v) is 2.17. The molecule has 1 amide bonds. The summed E-state index contributed by atoms with van der Waals surface area (Å²) in [4.78, 5) is 22.2. The molecule has 0 heterocycles. The van der Waals surface area contributed by atoms with Crippen molar-refractivity contribution in [1.82, 2.24) is 5.32 Å². The first-order valence-electron chi connectivity index (χ1n) is 7.04. The number of carbonyl (C=O) groups is 1. The lowest BCUT2D eigenvalue weighted by atomic mass is 10.2. The van der Waals surface area contributed by atoms with Gasteiger partial charge in [-0.1, -0.05) is 41.9 Å². The van der Waals surface area contributed by atoms with Gasteiger partial charge in [0.15, 0.2) is 0 Å². The summed E-state index contributed by atoms with van der Waals surface area (Å²) >= 11 is 5.75. The Morgan fingerprint density at radius 1 is 1.17 bits per heavy atom. The van der Waals surface area contributed by atoms with Crippen molar-refractivity contribution in [2.24, 2.45) is 0 Å². The Bertz CT molecular complexity index is 692. The topological polar surface area (TPSA) is 84.3 Å². The maximum atomic E-state index is 11.8. The molecule has 0 atom stereocenters. The number of carbonyl (C=O) groups excluding carboxylic acids is 1. The van der Waals surface area contributed by atoms with E-state index in [0.29, 0.717) is 23.8 Å². The summed E-state index contributed by atoms with van der Waals surface area (Å²) in [7, 11) is 0. The van der Waals surface area contributed by atoms with Gasteiger partial charge in [-0.05, 0) is 17.7 Å². The number of nitrogens with one attached hydrogen (secondary N) is 2. The molecule has 0 saturated heterocycles. The molecule has 6 nitrogen and oxygen atoms in total. The molecule has 0 aromatic heterocycles. The lowest BCUT2D eigenvalue weighted by Crippen LogP contribution is -2.24. The van der Waals surface area contributed by atoms with Gasteiger partial charge in [-0.25, -0.2) is 0 Å². The first-order chi connectivity index (χ1) is 11.1. The van der Waals surface area contributed by atoms with Crippen LogP contribution in [0.15, 0.2) is 48.5 Å². The van der Waals surface area contributed by atoms with E-state index in [0.717, 1.165) is 5.56 Å². The van der Waals surface area contributed by atoms with Crippen LogP contribution in [0.5, 0.6) is 0 Å². The summed E-state index contributed by atoms with van der Waals surface area (Å²) in [5.74, 6) is -0.127. The molecule has 0 unspecified atom stereocenters. The minimum atomic E-state index is -0.510. The van der Waals surface area contributed by atoms with E-state index in [1.807, 2.05) is 30.3 Å². The fraction of sp³-hybridized carbons (Fsp3) is 0.188. The number of benzene rings is 2. The molecule has 0 aliphatic rings. The highest BCUT2D eigenvalue weighted by Gasteiger charge is 2.14. The van der Waals surface area contributed by atoms with E-state index < -0.39 is 4.92 Å². The second kappa shape index (κ2) is 8.14. The third-order valence-electron chi connectivity index (χ3n) is 3.16. The molecular formula is C16H16ClN3O3. The van der Waals surface area contributed by atoms with E-state index in [1.54, 1.807) is 6.07 Å². The highest BCUT2D eigenvalue weighted by atomic mass is 35.5. The zero-order valence-corrected chi connectivity index (χ0v) is 13.0. The third kappa shape index (κ3) is 5.27. The van der Waals surface area contributed by atoms with Crippen molar-refractivity contribution in [3.05, 3.63) is 69.2 Å². The first-order valence-corrected chi connectivity index (χ1v) is 7.42. The molecule has 120 valence electrons. The minimum Gasteiger partial charge on any atom is -0.379 e. The van der Waals surface area contributed by atoms with Gasteiger partial charge in [-0.15, -0.1) is 0 Å². The Kier molecular flexibility index (Phi) is 5.94. The number of halogens is 1. The molecular weight excluding hydrogens is 318 g/mol. The molecule has 23 heavy (non-hydrogen) atoms. The largest absolute Gasteiger partial charge is 0.379 e. The van der Waals surface area contributed by atoms with Gasteiger partial charge in [0.05, 0.1) is 4.92 Å². The zero-order chi connectivity index (χ0) is 16.7. The predicted octanol–water partition coefficient (Wildman–Crippen LogP) is 3.37. The molecule has 2 N–H and O–H groups in total. The van der Waals surface area contributed by atoms with Gasteiger partial charge in [-0.2, -0.15) is 0 Å². The van der Waals surface area contributed by atoms with Crippen LogP contribution in [0.3, 0.4) is 0 Å². The summed E-state index contributed by atoms with van der Waals surface area (Å²) in [5, 5.41) is 16.9. The number of hydrogen-bond donors (Lipinski definition) is 2. The molecule has 2 aromatic rings. The molecule has 0 bridgehead atoms. The van der Waals surface area contributed by atoms with Crippen LogP contribution in [0, 0.1) is 10.1 Å². The standard InChI is InChI=1S/C16H16ClN3O3/c17-13-6-7-14(15(10-13)20(22)23)18-9-8-16(21)19-11-12-4-2-1-3-5-12/h1-7,10,18H,8-9,11H2,(H,19,21). The highest BCUT2D eigenvalue weighted by Crippen LogP contribution is 2.27. The molecule has 2 rings (SSSR count).